The van der Waals surface area contributed by atoms with Crippen LogP contribution in [-0.2, 0) is 6.42 Å². The summed E-state index contributed by atoms with van der Waals surface area (Å²) in [6.45, 7) is 2.09. The van der Waals surface area contributed by atoms with Gasteiger partial charge in [0.05, 0.1) is 17.8 Å². The van der Waals surface area contributed by atoms with E-state index in [0.29, 0.717) is 0 Å². The maximum Gasteiger partial charge on any atom is 0.0710 e. The maximum atomic E-state index is 5.75. The molecule has 0 amide bonds. The van der Waals surface area contributed by atoms with Crippen LogP contribution in [0.2, 0.25) is 0 Å². The van der Waals surface area contributed by atoms with E-state index in [1.54, 1.807) is 0 Å². The zero-order chi connectivity index (χ0) is 13.9. The molecule has 3 aromatic rings. The number of rotatable bonds is 4. The minimum atomic E-state index is 0.0533. The molecule has 0 radical (unpaired) electrons. The highest BCUT2D eigenvalue weighted by Gasteiger charge is 2.15. The number of nitrogens with one attached hydrogen (secondary N) is 1. The van der Waals surface area contributed by atoms with Crippen LogP contribution in [0.5, 0.6) is 0 Å². The molecule has 1 atom stereocenters. The van der Waals surface area contributed by atoms with E-state index in [0.717, 1.165) is 17.5 Å². The Morgan fingerprint density at radius 2 is 2.00 bits per heavy atom. The van der Waals surface area contributed by atoms with Crippen LogP contribution in [0.1, 0.15) is 22.7 Å². The lowest BCUT2D eigenvalue weighted by molar-refractivity contribution is 0.555. The minimum Gasteiger partial charge on any atom is -0.271 e. The topological polar surface area (TPSA) is 55.3 Å². The van der Waals surface area contributed by atoms with Gasteiger partial charge in [0.1, 0.15) is 0 Å². The zero-order valence-corrected chi connectivity index (χ0v) is 11.5. The number of aromatic nitrogens is 2. The second kappa shape index (κ2) is 5.45. The highest BCUT2D eigenvalue weighted by atomic mass is 15.3. The predicted molar refractivity (Wildman–Crippen MR) is 80.1 cm³/mol. The number of aryl methyl sites for hydroxylation is 1. The number of nitrogens with zero attached hydrogens (tertiary/aromatic N) is 2. The number of hydrazine groups is 1. The molecule has 0 spiro atoms. The highest BCUT2D eigenvalue weighted by molar-refractivity contribution is 5.55. The monoisotopic (exact) mass is 266 g/mol. The third kappa shape index (κ3) is 2.43. The molecular formula is C16H18N4. The lowest BCUT2D eigenvalue weighted by Crippen LogP contribution is -2.29. The third-order valence-corrected chi connectivity index (χ3v) is 3.59. The molecule has 3 N–H and O–H groups in total. The SMILES string of the molecule is Cc1ccc(CC(NN)c2cnn3ccccc23)cc1. The van der Waals surface area contributed by atoms with Crippen molar-refractivity contribution >= 4 is 5.52 Å². The first-order valence-electron chi connectivity index (χ1n) is 6.72. The summed E-state index contributed by atoms with van der Waals surface area (Å²) in [5, 5.41) is 4.36. The Morgan fingerprint density at radius 3 is 2.75 bits per heavy atom. The van der Waals surface area contributed by atoms with Gasteiger partial charge in [0.2, 0.25) is 0 Å². The average molecular weight is 266 g/mol. The van der Waals surface area contributed by atoms with Crippen LogP contribution in [-0.4, -0.2) is 9.61 Å². The van der Waals surface area contributed by atoms with E-state index in [2.05, 4.69) is 47.8 Å². The van der Waals surface area contributed by atoms with Gasteiger partial charge in [-0.2, -0.15) is 5.10 Å². The number of nitrogens with two attached hydrogens (primary N) is 1. The van der Waals surface area contributed by atoms with Crippen molar-refractivity contribution in [3.63, 3.8) is 0 Å². The first-order chi connectivity index (χ1) is 9.78. The fourth-order valence-electron chi connectivity index (χ4n) is 2.44. The van der Waals surface area contributed by atoms with E-state index in [1.165, 1.54) is 11.1 Å². The molecule has 1 aromatic carbocycles. The van der Waals surface area contributed by atoms with Gasteiger partial charge in [0.15, 0.2) is 0 Å². The fraction of sp³-hybridized carbons (Fsp3) is 0.188. The van der Waals surface area contributed by atoms with E-state index in [1.807, 2.05) is 29.0 Å². The molecule has 0 fully saturated rings. The van der Waals surface area contributed by atoms with Crippen molar-refractivity contribution < 1.29 is 0 Å². The lowest BCUT2D eigenvalue weighted by Gasteiger charge is -2.15. The summed E-state index contributed by atoms with van der Waals surface area (Å²) in [7, 11) is 0. The molecule has 0 saturated carbocycles. The van der Waals surface area contributed by atoms with Crippen molar-refractivity contribution in [2.75, 3.05) is 0 Å². The molecule has 4 nitrogen and oxygen atoms in total. The number of hydrogen-bond donors (Lipinski definition) is 2. The van der Waals surface area contributed by atoms with Gasteiger partial charge in [-0.1, -0.05) is 35.9 Å². The number of fused-ring (bicyclic) bond motifs is 1. The summed E-state index contributed by atoms with van der Waals surface area (Å²) in [5.41, 5.74) is 7.64. The summed E-state index contributed by atoms with van der Waals surface area (Å²) in [5.74, 6) is 5.75. The van der Waals surface area contributed by atoms with E-state index < -0.39 is 0 Å². The van der Waals surface area contributed by atoms with Gasteiger partial charge in [-0.3, -0.25) is 11.3 Å². The van der Waals surface area contributed by atoms with E-state index >= 15 is 0 Å². The summed E-state index contributed by atoms with van der Waals surface area (Å²) in [6, 6.07) is 14.6. The molecule has 102 valence electrons. The van der Waals surface area contributed by atoms with Crippen LogP contribution < -0.4 is 11.3 Å². The Labute approximate surface area is 118 Å². The standard InChI is InChI=1S/C16H18N4/c1-12-5-7-13(8-6-12)10-15(19-17)14-11-18-20-9-3-2-4-16(14)20/h2-9,11,15,19H,10,17H2,1H3. The van der Waals surface area contributed by atoms with Crippen LogP contribution in [0, 0.1) is 6.92 Å². The normalized spacial score (nSPS) is 12.7. The Hall–Kier alpha value is -2.17. The summed E-state index contributed by atoms with van der Waals surface area (Å²) in [6.07, 6.45) is 4.67. The molecule has 1 unspecified atom stereocenters. The van der Waals surface area contributed by atoms with E-state index in [4.69, 9.17) is 5.84 Å². The van der Waals surface area contributed by atoms with Gasteiger partial charge in [-0.05, 0) is 31.0 Å². The van der Waals surface area contributed by atoms with Crippen molar-refractivity contribution in [1.82, 2.24) is 15.0 Å². The Kier molecular flexibility index (Phi) is 3.50. The van der Waals surface area contributed by atoms with Gasteiger partial charge in [-0.15, -0.1) is 0 Å². The Bertz CT molecular complexity index is 700. The van der Waals surface area contributed by atoms with Crippen LogP contribution in [0.25, 0.3) is 5.52 Å². The van der Waals surface area contributed by atoms with Gasteiger partial charge < -0.3 is 0 Å². The minimum absolute atomic E-state index is 0.0533. The molecule has 4 heteroatoms. The first-order valence-corrected chi connectivity index (χ1v) is 6.72. The van der Waals surface area contributed by atoms with Gasteiger partial charge in [0, 0.05) is 11.8 Å². The largest absolute Gasteiger partial charge is 0.271 e. The predicted octanol–water partition coefficient (Wildman–Crippen LogP) is 2.39. The van der Waals surface area contributed by atoms with Crippen LogP contribution in [0.3, 0.4) is 0 Å². The molecule has 0 bridgehead atoms. The van der Waals surface area contributed by atoms with Crippen LogP contribution in [0.4, 0.5) is 0 Å². The molecule has 0 aliphatic carbocycles. The Balaban J connectivity index is 1.91. The van der Waals surface area contributed by atoms with Crippen molar-refractivity contribution in [3.8, 4) is 0 Å². The summed E-state index contributed by atoms with van der Waals surface area (Å²) < 4.78 is 1.87. The molecule has 0 aliphatic heterocycles. The zero-order valence-electron chi connectivity index (χ0n) is 11.5. The van der Waals surface area contributed by atoms with Crippen LogP contribution in [0.15, 0.2) is 54.9 Å². The van der Waals surface area contributed by atoms with Gasteiger partial charge in [-0.25, -0.2) is 4.52 Å². The third-order valence-electron chi connectivity index (χ3n) is 3.59. The quantitative estimate of drug-likeness (QED) is 0.563. The summed E-state index contributed by atoms with van der Waals surface area (Å²) in [4.78, 5) is 0. The molecule has 0 aliphatic rings. The Morgan fingerprint density at radius 1 is 1.20 bits per heavy atom. The number of benzene rings is 1. The smallest absolute Gasteiger partial charge is 0.0710 e. The molecule has 2 aromatic heterocycles. The van der Waals surface area contributed by atoms with Crippen molar-refractivity contribution in [3.05, 3.63) is 71.5 Å². The number of hydrogen-bond acceptors (Lipinski definition) is 3. The molecule has 2 heterocycles. The molecular weight excluding hydrogens is 248 g/mol. The first kappa shape index (κ1) is 12.8. The maximum absolute atomic E-state index is 5.75. The second-order valence-electron chi connectivity index (χ2n) is 5.04. The highest BCUT2D eigenvalue weighted by Crippen LogP contribution is 2.22. The van der Waals surface area contributed by atoms with Crippen molar-refractivity contribution in [2.24, 2.45) is 5.84 Å². The van der Waals surface area contributed by atoms with E-state index in [-0.39, 0.29) is 6.04 Å². The molecule has 0 saturated heterocycles. The molecule has 3 rings (SSSR count). The average Bonchev–Trinajstić information content (AvgIpc) is 2.91. The van der Waals surface area contributed by atoms with Crippen molar-refractivity contribution in [2.45, 2.75) is 19.4 Å². The fourth-order valence-corrected chi connectivity index (χ4v) is 2.44. The lowest BCUT2D eigenvalue weighted by atomic mass is 10.00. The van der Waals surface area contributed by atoms with Crippen molar-refractivity contribution in [1.29, 1.82) is 0 Å². The summed E-state index contributed by atoms with van der Waals surface area (Å²) >= 11 is 0. The van der Waals surface area contributed by atoms with Gasteiger partial charge in [0.25, 0.3) is 0 Å². The number of pyridine rings is 1. The van der Waals surface area contributed by atoms with Gasteiger partial charge >= 0.3 is 0 Å². The van der Waals surface area contributed by atoms with E-state index in [9.17, 15) is 0 Å². The van der Waals surface area contributed by atoms with Crippen LogP contribution >= 0.6 is 0 Å². The second-order valence-corrected chi connectivity index (χ2v) is 5.04. The molecule has 20 heavy (non-hydrogen) atoms.